The molecule has 126 valence electrons. The molecule has 2 aromatic heterocycles. The summed E-state index contributed by atoms with van der Waals surface area (Å²) in [5, 5.41) is 7.41. The van der Waals surface area contributed by atoms with Crippen molar-refractivity contribution in [3.05, 3.63) is 64.5 Å². The van der Waals surface area contributed by atoms with Crippen LogP contribution in [0.25, 0.3) is 33.4 Å². The van der Waals surface area contributed by atoms with Gasteiger partial charge >= 0.3 is 5.69 Å². The number of hydrogen-bond donors (Lipinski definition) is 1. The van der Waals surface area contributed by atoms with Crippen molar-refractivity contribution >= 4 is 11.0 Å². The average molecular weight is 336 g/mol. The second-order valence-corrected chi connectivity index (χ2v) is 6.18. The summed E-state index contributed by atoms with van der Waals surface area (Å²) >= 11 is 0. The van der Waals surface area contributed by atoms with Crippen LogP contribution in [0.3, 0.4) is 0 Å². The normalized spacial score (nSPS) is 11.4. The zero-order chi connectivity index (χ0) is 17.7. The summed E-state index contributed by atoms with van der Waals surface area (Å²) in [4.78, 5) is 12.1. The average Bonchev–Trinajstić information content (AvgIpc) is 3.10. The molecule has 1 N–H and O–H groups in total. The molecule has 0 saturated heterocycles. The van der Waals surface area contributed by atoms with Gasteiger partial charge in [-0.15, -0.1) is 0 Å². The van der Waals surface area contributed by atoms with Crippen molar-refractivity contribution < 1.29 is 4.39 Å². The number of halogens is 1. The van der Waals surface area contributed by atoms with Crippen LogP contribution in [0, 0.1) is 12.7 Å². The minimum absolute atomic E-state index is 0.0603. The van der Waals surface area contributed by atoms with Crippen LogP contribution in [0.15, 0.2) is 47.3 Å². The summed E-state index contributed by atoms with van der Waals surface area (Å²) in [5.74, 6) is -0.279. The molecule has 0 saturated carbocycles. The molecule has 0 fully saturated rings. The minimum atomic E-state index is -0.279. The standard InChI is InChI=1S/C19H17FN4O/c1-11-17(18(22-21-11)12-4-7-14(20)8-5-12)13-6-9-15-16(10-13)24(3)19(25)23(15)2/h4-10H,1-3H3,(H,21,22). The van der Waals surface area contributed by atoms with Gasteiger partial charge in [0, 0.05) is 30.9 Å². The van der Waals surface area contributed by atoms with E-state index in [1.54, 1.807) is 35.4 Å². The highest BCUT2D eigenvalue weighted by atomic mass is 19.1. The topological polar surface area (TPSA) is 55.6 Å². The lowest BCUT2D eigenvalue weighted by molar-refractivity contribution is 0.628. The van der Waals surface area contributed by atoms with E-state index in [4.69, 9.17) is 0 Å². The number of nitrogens with one attached hydrogen (secondary N) is 1. The first-order valence-electron chi connectivity index (χ1n) is 7.94. The van der Waals surface area contributed by atoms with Crippen molar-refractivity contribution in [3.63, 3.8) is 0 Å². The fourth-order valence-electron chi connectivity index (χ4n) is 3.26. The van der Waals surface area contributed by atoms with E-state index in [0.29, 0.717) is 0 Å². The number of imidazole rings is 1. The van der Waals surface area contributed by atoms with Gasteiger partial charge in [0.25, 0.3) is 0 Å². The quantitative estimate of drug-likeness (QED) is 0.610. The van der Waals surface area contributed by atoms with Crippen molar-refractivity contribution in [3.8, 4) is 22.4 Å². The molecular weight excluding hydrogens is 319 g/mol. The molecule has 0 unspecified atom stereocenters. The van der Waals surface area contributed by atoms with E-state index in [-0.39, 0.29) is 11.5 Å². The zero-order valence-electron chi connectivity index (χ0n) is 14.2. The molecule has 0 aliphatic rings. The number of fused-ring (bicyclic) bond motifs is 1. The molecule has 2 heterocycles. The van der Waals surface area contributed by atoms with E-state index in [2.05, 4.69) is 10.2 Å². The van der Waals surface area contributed by atoms with Crippen LogP contribution in [0.2, 0.25) is 0 Å². The van der Waals surface area contributed by atoms with Gasteiger partial charge in [0.15, 0.2) is 0 Å². The molecule has 0 aliphatic carbocycles. The first kappa shape index (κ1) is 15.4. The summed E-state index contributed by atoms with van der Waals surface area (Å²) < 4.78 is 16.5. The first-order valence-corrected chi connectivity index (χ1v) is 7.94. The van der Waals surface area contributed by atoms with Gasteiger partial charge in [0.05, 0.1) is 11.0 Å². The van der Waals surface area contributed by atoms with Crippen LogP contribution in [0.5, 0.6) is 0 Å². The van der Waals surface area contributed by atoms with Crippen LogP contribution >= 0.6 is 0 Å². The predicted molar refractivity (Wildman–Crippen MR) is 95.9 cm³/mol. The minimum Gasteiger partial charge on any atom is -0.295 e. The third-order valence-corrected chi connectivity index (χ3v) is 4.63. The lowest BCUT2D eigenvalue weighted by Gasteiger charge is -2.06. The second-order valence-electron chi connectivity index (χ2n) is 6.18. The fourth-order valence-corrected chi connectivity index (χ4v) is 3.26. The van der Waals surface area contributed by atoms with Gasteiger partial charge in [-0.1, -0.05) is 6.07 Å². The molecule has 25 heavy (non-hydrogen) atoms. The third-order valence-electron chi connectivity index (χ3n) is 4.63. The Morgan fingerprint density at radius 3 is 2.32 bits per heavy atom. The van der Waals surface area contributed by atoms with Gasteiger partial charge in [-0.25, -0.2) is 9.18 Å². The number of nitrogens with zero attached hydrogens (tertiary/aromatic N) is 3. The maximum absolute atomic E-state index is 13.2. The Morgan fingerprint density at radius 1 is 0.960 bits per heavy atom. The molecule has 0 atom stereocenters. The molecule has 5 nitrogen and oxygen atoms in total. The van der Waals surface area contributed by atoms with Gasteiger partial charge in [-0.05, 0) is 48.9 Å². The number of aromatic nitrogens is 4. The van der Waals surface area contributed by atoms with E-state index in [9.17, 15) is 9.18 Å². The SMILES string of the molecule is Cc1[nH]nc(-c2ccc(F)cc2)c1-c1ccc2c(c1)n(C)c(=O)n2C. The van der Waals surface area contributed by atoms with E-state index in [1.807, 2.05) is 25.1 Å². The summed E-state index contributed by atoms with van der Waals surface area (Å²) in [6.07, 6.45) is 0. The number of rotatable bonds is 2. The Hall–Kier alpha value is -3.15. The monoisotopic (exact) mass is 336 g/mol. The molecule has 4 rings (SSSR count). The number of aryl methyl sites for hydroxylation is 3. The molecule has 0 amide bonds. The lowest BCUT2D eigenvalue weighted by atomic mass is 9.99. The Balaban J connectivity index is 1.95. The maximum atomic E-state index is 13.2. The molecule has 0 bridgehead atoms. The van der Waals surface area contributed by atoms with Crippen molar-refractivity contribution in [1.29, 1.82) is 0 Å². The largest absolute Gasteiger partial charge is 0.328 e. The predicted octanol–water partition coefficient (Wildman–Crippen LogP) is 3.38. The lowest BCUT2D eigenvalue weighted by Crippen LogP contribution is -2.19. The molecule has 0 aliphatic heterocycles. The Bertz CT molecular complexity index is 1150. The smallest absolute Gasteiger partial charge is 0.295 e. The third kappa shape index (κ3) is 2.29. The van der Waals surface area contributed by atoms with Crippen LogP contribution in [-0.4, -0.2) is 19.3 Å². The van der Waals surface area contributed by atoms with E-state index in [1.165, 1.54) is 12.1 Å². The number of aromatic amines is 1. The van der Waals surface area contributed by atoms with E-state index in [0.717, 1.165) is 39.1 Å². The maximum Gasteiger partial charge on any atom is 0.328 e. The highest BCUT2D eigenvalue weighted by Crippen LogP contribution is 2.34. The Kier molecular flexibility index (Phi) is 3.35. The molecule has 2 aromatic carbocycles. The second kappa shape index (κ2) is 5.44. The van der Waals surface area contributed by atoms with Crippen molar-refractivity contribution in [1.82, 2.24) is 19.3 Å². The zero-order valence-corrected chi connectivity index (χ0v) is 14.2. The van der Waals surface area contributed by atoms with Gasteiger partial charge in [-0.2, -0.15) is 5.10 Å². The fraction of sp³-hybridized carbons (Fsp3) is 0.158. The van der Waals surface area contributed by atoms with Crippen LogP contribution in [0.1, 0.15) is 5.69 Å². The highest BCUT2D eigenvalue weighted by molar-refractivity contribution is 5.88. The van der Waals surface area contributed by atoms with Gasteiger partial charge in [0.1, 0.15) is 11.5 Å². The summed E-state index contributed by atoms with van der Waals surface area (Å²) in [6, 6.07) is 12.2. The van der Waals surface area contributed by atoms with E-state index < -0.39 is 0 Å². The van der Waals surface area contributed by atoms with Crippen molar-refractivity contribution in [2.24, 2.45) is 14.1 Å². The summed E-state index contributed by atoms with van der Waals surface area (Å²) in [6.45, 7) is 1.95. The number of benzene rings is 2. The molecule has 6 heteroatoms. The number of hydrogen-bond acceptors (Lipinski definition) is 2. The summed E-state index contributed by atoms with van der Waals surface area (Å²) in [5.41, 5.74) is 6.09. The van der Waals surface area contributed by atoms with Gasteiger partial charge in [0.2, 0.25) is 0 Å². The molecule has 0 radical (unpaired) electrons. The van der Waals surface area contributed by atoms with Crippen LogP contribution < -0.4 is 5.69 Å². The van der Waals surface area contributed by atoms with Crippen LogP contribution in [-0.2, 0) is 14.1 Å². The van der Waals surface area contributed by atoms with Crippen molar-refractivity contribution in [2.75, 3.05) is 0 Å². The Morgan fingerprint density at radius 2 is 1.60 bits per heavy atom. The first-order chi connectivity index (χ1) is 12.0. The Labute approximate surface area is 143 Å². The summed E-state index contributed by atoms with van der Waals surface area (Å²) in [7, 11) is 3.52. The highest BCUT2D eigenvalue weighted by Gasteiger charge is 2.16. The molecule has 0 spiro atoms. The van der Waals surface area contributed by atoms with Gasteiger partial charge in [-0.3, -0.25) is 14.2 Å². The number of H-pyrrole nitrogens is 1. The molecular formula is C19H17FN4O. The van der Waals surface area contributed by atoms with Crippen molar-refractivity contribution in [2.45, 2.75) is 6.92 Å². The molecule has 4 aromatic rings. The van der Waals surface area contributed by atoms with Gasteiger partial charge < -0.3 is 0 Å². The van der Waals surface area contributed by atoms with E-state index >= 15 is 0 Å². The van der Waals surface area contributed by atoms with Crippen LogP contribution in [0.4, 0.5) is 4.39 Å².